The third-order valence-electron chi connectivity index (χ3n) is 3.98. The Bertz CT molecular complexity index is 788. The predicted molar refractivity (Wildman–Crippen MR) is 86.0 cm³/mol. The zero-order valence-corrected chi connectivity index (χ0v) is 14.5. The molecule has 9 heteroatoms. The van der Waals surface area contributed by atoms with Gasteiger partial charge in [0.15, 0.2) is 0 Å². The van der Waals surface area contributed by atoms with Gasteiger partial charge in [-0.15, -0.1) is 0 Å². The molecule has 2 aliphatic rings. The second kappa shape index (κ2) is 6.14. The Morgan fingerprint density at radius 3 is 2.52 bits per heavy atom. The van der Waals surface area contributed by atoms with E-state index in [0.29, 0.717) is 19.6 Å². The SMILES string of the molecule is CC1CN(S(=O)(=O)c2cccc(S(=O)(=O)NC3CC3)c2)CCN1. The fraction of sp³-hybridized carbons (Fsp3) is 0.571. The molecule has 1 saturated heterocycles. The molecular formula is C14H21N3O4S2. The molecule has 128 valence electrons. The van der Waals surface area contributed by atoms with Crippen LogP contribution >= 0.6 is 0 Å². The van der Waals surface area contributed by atoms with Gasteiger partial charge in [0.1, 0.15) is 0 Å². The highest BCUT2D eigenvalue weighted by molar-refractivity contribution is 7.90. The number of hydrogen-bond acceptors (Lipinski definition) is 5. The summed E-state index contributed by atoms with van der Waals surface area (Å²) in [6.07, 6.45) is 1.66. The maximum absolute atomic E-state index is 12.7. The Morgan fingerprint density at radius 2 is 1.87 bits per heavy atom. The topological polar surface area (TPSA) is 95.6 Å². The quantitative estimate of drug-likeness (QED) is 0.778. The molecule has 2 fully saturated rings. The molecular weight excluding hydrogens is 338 g/mol. The van der Waals surface area contributed by atoms with Crippen LogP contribution in [0.1, 0.15) is 19.8 Å². The van der Waals surface area contributed by atoms with E-state index in [1.807, 2.05) is 6.92 Å². The average molecular weight is 359 g/mol. The highest BCUT2D eigenvalue weighted by atomic mass is 32.2. The Morgan fingerprint density at radius 1 is 1.17 bits per heavy atom. The zero-order chi connectivity index (χ0) is 16.7. The van der Waals surface area contributed by atoms with Crippen LogP contribution in [0.2, 0.25) is 0 Å². The number of benzene rings is 1. The Kier molecular flexibility index (Phi) is 4.49. The van der Waals surface area contributed by atoms with E-state index in [0.717, 1.165) is 12.8 Å². The van der Waals surface area contributed by atoms with Gasteiger partial charge in [-0.2, -0.15) is 4.31 Å². The van der Waals surface area contributed by atoms with Crippen molar-refractivity contribution in [2.75, 3.05) is 19.6 Å². The molecule has 1 saturated carbocycles. The third kappa shape index (κ3) is 3.74. The molecule has 1 aromatic rings. The first kappa shape index (κ1) is 16.8. The van der Waals surface area contributed by atoms with Crippen molar-refractivity contribution in [2.45, 2.75) is 41.6 Å². The minimum atomic E-state index is -3.69. The summed E-state index contributed by atoms with van der Waals surface area (Å²) in [7, 11) is -7.36. The van der Waals surface area contributed by atoms with Gasteiger partial charge in [0, 0.05) is 31.7 Å². The van der Waals surface area contributed by atoms with Gasteiger partial charge >= 0.3 is 0 Å². The predicted octanol–water partition coefficient (Wildman–Crippen LogP) is 0.110. The largest absolute Gasteiger partial charge is 0.312 e. The van der Waals surface area contributed by atoms with Crippen LogP contribution in [0.5, 0.6) is 0 Å². The fourth-order valence-corrected chi connectivity index (χ4v) is 5.56. The number of piperazine rings is 1. The minimum Gasteiger partial charge on any atom is -0.312 e. The summed E-state index contributed by atoms with van der Waals surface area (Å²) in [4.78, 5) is 0.0129. The van der Waals surface area contributed by atoms with E-state index in [2.05, 4.69) is 10.0 Å². The number of rotatable bonds is 5. The third-order valence-corrected chi connectivity index (χ3v) is 7.36. The first-order chi connectivity index (χ1) is 10.8. The molecule has 1 unspecified atom stereocenters. The summed E-state index contributed by atoms with van der Waals surface area (Å²) in [6.45, 7) is 3.26. The van der Waals surface area contributed by atoms with Crippen LogP contribution < -0.4 is 10.0 Å². The van der Waals surface area contributed by atoms with E-state index in [4.69, 9.17) is 0 Å². The van der Waals surface area contributed by atoms with Crippen molar-refractivity contribution in [1.82, 2.24) is 14.3 Å². The highest BCUT2D eigenvalue weighted by Gasteiger charge is 2.31. The molecule has 1 aliphatic carbocycles. The molecule has 0 radical (unpaired) electrons. The van der Waals surface area contributed by atoms with Gasteiger partial charge in [-0.1, -0.05) is 6.07 Å². The molecule has 1 aromatic carbocycles. The van der Waals surface area contributed by atoms with Crippen molar-refractivity contribution in [3.8, 4) is 0 Å². The molecule has 0 bridgehead atoms. The van der Waals surface area contributed by atoms with Crippen LogP contribution in [0.15, 0.2) is 34.1 Å². The van der Waals surface area contributed by atoms with Gasteiger partial charge in [0.05, 0.1) is 9.79 Å². The molecule has 1 aliphatic heterocycles. The fourth-order valence-electron chi connectivity index (χ4n) is 2.55. The van der Waals surface area contributed by atoms with E-state index < -0.39 is 20.0 Å². The number of nitrogens with zero attached hydrogens (tertiary/aromatic N) is 1. The van der Waals surface area contributed by atoms with E-state index in [1.54, 1.807) is 0 Å². The van der Waals surface area contributed by atoms with Crippen LogP contribution in [0.3, 0.4) is 0 Å². The second-order valence-corrected chi connectivity index (χ2v) is 9.74. The van der Waals surface area contributed by atoms with Crippen molar-refractivity contribution in [3.63, 3.8) is 0 Å². The van der Waals surface area contributed by atoms with Crippen LogP contribution in [0.25, 0.3) is 0 Å². The van der Waals surface area contributed by atoms with Crippen molar-refractivity contribution in [2.24, 2.45) is 0 Å². The molecule has 0 aromatic heterocycles. The molecule has 0 amide bonds. The molecule has 3 rings (SSSR count). The Labute approximate surface area is 137 Å². The van der Waals surface area contributed by atoms with E-state index in [9.17, 15) is 16.8 Å². The normalized spacial score (nSPS) is 23.8. The standard InChI is InChI=1S/C14H21N3O4S2/c1-11-10-17(8-7-15-11)23(20,21)14-4-2-3-13(9-14)22(18,19)16-12-5-6-12/h2-4,9,11-12,15-16H,5-8,10H2,1H3. The molecule has 7 nitrogen and oxygen atoms in total. The van der Waals surface area contributed by atoms with Gasteiger partial charge in [-0.05, 0) is 38.0 Å². The number of hydrogen-bond donors (Lipinski definition) is 2. The summed E-state index contributed by atoms with van der Waals surface area (Å²) >= 11 is 0. The van der Waals surface area contributed by atoms with Crippen molar-refractivity contribution >= 4 is 20.0 Å². The zero-order valence-electron chi connectivity index (χ0n) is 12.9. The van der Waals surface area contributed by atoms with Crippen LogP contribution in [-0.2, 0) is 20.0 Å². The summed E-state index contributed by atoms with van der Waals surface area (Å²) in [6, 6.07) is 5.63. The van der Waals surface area contributed by atoms with Gasteiger partial charge in [0.25, 0.3) is 0 Å². The highest BCUT2D eigenvalue weighted by Crippen LogP contribution is 2.24. The second-order valence-electron chi connectivity index (χ2n) is 6.09. The molecule has 0 spiro atoms. The summed E-state index contributed by atoms with van der Waals surface area (Å²) in [5.41, 5.74) is 0. The summed E-state index contributed by atoms with van der Waals surface area (Å²) < 4.78 is 53.9. The first-order valence-corrected chi connectivity index (χ1v) is 10.6. The van der Waals surface area contributed by atoms with E-state index >= 15 is 0 Å². The lowest BCUT2D eigenvalue weighted by atomic mass is 10.3. The van der Waals surface area contributed by atoms with Crippen molar-refractivity contribution < 1.29 is 16.8 Å². The molecule has 2 N–H and O–H groups in total. The van der Waals surface area contributed by atoms with Gasteiger partial charge in [-0.3, -0.25) is 0 Å². The lowest BCUT2D eigenvalue weighted by Crippen LogP contribution is -2.51. The lowest BCUT2D eigenvalue weighted by Gasteiger charge is -2.31. The minimum absolute atomic E-state index is 0.00587. The number of nitrogens with one attached hydrogen (secondary N) is 2. The van der Waals surface area contributed by atoms with Crippen molar-refractivity contribution in [3.05, 3.63) is 24.3 Å². The maximum Gasteiger partial charge on any atom is 0.243 e. The average Bonchev–Trinajstić information content (AvgIpc) is 3.31. The molecule has 23 heavy (non-hydrogen) atoms. The van der Waals surface area contributed by atoms with Crippen LogP contribution in [-0.4, -0.2) is 52.9 Å². The summed E-state index contributed by atoms with van der Waals surface area (Å²) in [5.74, 6) is 0. The van der Waals surface area contributed by atoms with E-state index in [-0.39, 0.29) is 21.9 Å². The van der Waals surface area contributed by atoms with Crippen molar-refractivity contribution in [1.29, 1.82) is 0 Å². The van der Waals surface area contributed by atoms with Gasteiger partial charge in [-0.25, -0.2) is 21.6 Å². The smallest absolute Gasteiger partial charge is 0.243 e. The van der Waals surface area contributed by atoms with Crippen LogP contribution in [0.4, 0.5) is 0 Å². The van der Waals surface area contributed by atoms with E-state index in [1.165, 1.54) is 28.6 Å². The maximum atomic E-state index is 12.7. The number of sulfonamides is 2. The van der Waals surface area contributed by atoms with Gasteiger partial charge < -0.3 is 5.32 Å². The first-order valence-electron chi connectivity index (χ1n) is 7.65. The molecule has 1 heterocycles. The molecule has 1 atom stereocenters. The van der Waals surface area contributed by atoms with Gasteiger partial charge in [0.2, 0.25) is 20.0 Å². The summed E-state index contributed by atoms with van der Waals surface area (Å²) in [5, 5.41) is 3.19. The Hall–Kier alpha value is -1.00. The Balaban J connectivity index is 1.89. The lowest BCUT2D eigenvalue weighted by molar-refractivity contribution is 0.310. The monoisotopic (exact) mass is 359 g/mol. The van der Waals surface area contributed by atoms with Crippen LogP contribution in [0, 0.1) is 0 Å².